The number of para-hydroxylation sites is 1. The standard InChI is InChI=1S/C30H23N5O9/c1-3-40-28-31-23-10-6-9-22(27(36)41-16-24-17(2)42-30(38)43-24)25(23)34(28)15-18-11-13-19(14-12-18)20-7-4-5-8-21(20)26-32-44-29(37)35(26)33-39/h4-14H,3,15-16H2,1-2H3. The Kier molecular flexibility index (Phi) is 7.45. The van der Waals surface area contributed by atoms with E-state index >= 15 is 0 Å². The molecule has 3 aromatic heterocycles. The van der Waals surface area contributed by atoms with E-state index in [9.17, 15) is 19.3 Å². The lowest BCUT2D eigenvalue weighted by Crippen LogP contribution is -2.10. The Morgan fingerprint density at radius 3 is 2.45 bits per heavy atom. The molecule has 0 saturated heterocycles. The van der Waals surface area contributed by atoms with Crippen molar-refractivity contribution in [1.82, 2.24) is 19.4 Å². The summed E-state index contributed by atoms with van der Waals surface area (Å²) in [5.41, 5.74) is 4.10. The molecule has 0 aliphatic carbocycles. The average Bonchev–Trinajstić information content (AvgIpc) is 3.69. The van der Waals surface area contributed by atoms with Crippen molar-refractivity contribution in [2.24, 2.45) is 5.29 Å². The Morgan fingerprint density at radius 2 is 1.75 bits per heavy atom. The fourth-order valence-electron chi connectivity index (χ4n) is 4.81. The van der Waals surface area contributed by atoms with Gasteiger partial charge >= 0.3 is 17.5 Å². The number of carbonyl (C=O) groups is 1. The molecule has 6 rings (SSSR count). The first kappa shape index (κ1) is 28.1. The van der Waals surface area contributed by atoms with Crippen LogP contribution in [-0.2, 0) is 17.9 Å². The zero-order valence-electron chi connectivity index (χ0n) is 23.4. The summed E-state index contributed by atoms with van der Waals surface area (Å²) < 4.78 is 28.0. The van der Waals surface area contributed by atoms with Crippen molar-refractivity contribution in [2.75, 3.05) is 6.61 Å². The lowest BCUT2D eigenvalue weighted by Gasteiger charge is -2.13. The second kappa shape index (κ2) is 11.7. The van der Waals surface area contributed by atoms with Crippen molar-refractivity contribution in [2.45, 2.75) is 27.0 Å². The second-order valence-corrected chi connectivity index (χ2v) is 9.50. The summed E-state index contributed by atoms with van der Waals surface area (Å²) in [6, 6.07) is 20.0. The number of aromatic nitrogens is 4. The molecule has 6 aromatic rings. The molecule has 44 heavy (non-hydrogen) atoms. The van der Waals surface area contributed by atoms with Gasteiger partial charge < -0.3 is 18.3 Å². The Bertz CT molecular complexity index is 2120. The topological polar surface area (TPSA) is 174 Å². The maximum atomic E-state index is 13.2. The highest BCUT2D eigenvalue weighted by Gasteiger charge is 2.22. The van der Waals surface area contributed by atoms with Crippen LogP contribution in [0.1, 0.15) is 34.4 Å². The summed E-state index contributed by atoms with van der Waals surface area (Å²) in [6.07, 6.45) is 0. The number of rotatable bonds is 10. The highest BCUT2D eigenvalue weighted by atomic mass is 16.6. The van der Waals surface area contributed by atoms with Gasteiger partial charge in [-0.2, -0.15) is 4.98 Å². The lowest BCUT2D eigenvalue weighted by atomic mass is 9.98. The number of fused-ring (bicyclic) bond motifs is 1. The van der Waals surface area contributed by atoms with E-state index in [1.54, 1.807) is 34.9 Å². The molecule has 222 valence electrons. The van der Waals surface area contributed by atoms with E-state index in [-0.39, 0.29) is 29.5 Å². The van der Waals surface area contributed by atoms with Crippen LogP contribution in [0.5, 0.6) is 6.01 Å². The van der Waals surface area contributed by atoms with Crippen molar-refractivity contribution >= 4 is 17.0 Å². The third-order valence-electron chi connectivity index (χ3n) is 6.83. The normalized spacial score (nSPS) is 11.1. The number of nitroso groups, excluding NO2 is 1. The van der Waals surface area contributed by atoms with Crippen LogP contribution < -0.4 is 16.3 Å². The largest absolute Gasteiger partial charge is 0.519 e. The van der Waals surface area contributed by atoms with Crippen molar-refractivity contribution in [3.63, 3.8) is 0 Å². The zero-order chi connectivity index (χ0) is 30.8. The molecule has 14 nitrogen and oxygen atoms in total. The summed E-state index contributed by atoms with van der Waals surface area (Å²) in [7, 11) is 0. The predicted molar refractivity (Wildman–Crippen MR) is 154 cm³/mol. The van der Waals surface area contributed by atoms with E-state index < -0.39 is 17.5 Å². The number of imidazole rings is 1. The Morgan fingerprint density at radius 1 is 0.977 bits per heavy atom. The predicted octanol–water partition coefficient (Wildman–Crippen LogP) is 4.71. The Hall–Kier alpha value is -6.05. The number of hydrogen-bond donors (Lipinski definition) is 0. The molecule has 0 unspecified atom stereocenters. The minimum Gasteiger partial charge on any atom is -0.465 e. The van der Waals surface area contributed by atoms with Crippen LogP contribution in [0, 0.1) is 11.8 Å². The molecule has 0 amide bonds. The van der Waals surface area contributed by atoms with Gasteiger partial charge in [0.05, 0.1) is 35.0 Å². The fourth-order valence-corrected chi connectivity index (χ4v) is 4.81. The van der Waals surface area contributed by atoms with Gasteiger partial charge in [0.25, 0.3) is 6.01 Å². The quantitative estimate of drug-likeness (QED) is 0.158. The molecule has 0 spiro atoms. The maximum Gasteiger partial charge on any atom is 0.519 e. The summed E-state index contributed by atoms with van der Waals surface area (Å²) in [4.78, 5) is 52.2. The lowest BCUT2D eigenvalue weighted by molar-refractivity contribution is 0.0444. The van der Waals surface area contributed by atoms with Gasteiger partial charge in [0.2, 0.25) is 5.82 Å². The first-order valence-corrected chi connectivity index (χ1v) is 13.4. The van der Waals surface area contributed by atoms with E-state index in [1.165, 1.54) is 6.92 Å². The average molecular weight is 598 g/mol. The molecule has 14 heteroatoms. The number of ether oxygens (including phenoxy) is 2. The van der Waals surface area contributed by atoms with Gasteiger partial charge in [-0.3, -0.25) is 9.09 Å². The second-order valence-electron chi connectivity index (χ2n) is 9.50. The van der Waals surface area contributed by atoms with Crippen LogP contribution in [0.4, 0.5) is 0 Å². The summed E-state index contributed by atoms with van der Waals surface area (Å²) >= 11 is 0. The highest BCUT2D eigenvalue weighted by molar-refractivity contribution is 6.02. The van der Waals surface area contributed by atoms with Gasteiger partial charge in [-0.05, 0) is 42.7 Å². The minimum atomic E-state index is -0.982. The van der Waals surface area contributed by atoms with Crippen molar-refractivity contribution < 1.29 is 27.6 Å². The number of aryl methyl sites for hydroxylation is 1. The van der Waals surface area contributed by atoms with Crippen LogP contribution in [0.3, 0.4) is 0 Å². The molecule has 3 aromatic carbocycles. The van der Waals surface area contributed by atoms with Gasteiger partial charge in [0, 0.05) is 5.56 Å². The molecule has 0 bridgehead atoms. The van der Waals surface area contributed by atoms with Crippen molar-refractivity contribution in [3.05, 3.63) is 115 Å². The summed E-state index contributed by atoms with van der Waals surface area (Å²) in [5.74, 6) is -2.17. The van der Waals surface area contributed by atoms with E-state index in [4.69, 9.17) is 18.3 Å². The van der Waals surface area contributed by atoms with Crippen molar-refractivity contribution in [3.8, 4) is 28.5 Å². The van der Waals surface area contributed by atoms with Crippen molar-refractivity contribution in [1.29, 1.82) is 0 Å². The number of nitrogens with zero attached hydrogens (tertiary/aromatic N) is 5. The molecule has 3 heterocycles. The number of carbonyl (C=O) groups excluding carboxylic acids is 1. The summed E-state index contributed by atoms with van der Waals surface area (Å²) in [5, 5.41) is 6.44. The van der Waals surface area contributed by atoms with Crippen LogP contribution in [-0.4, -0.2) is 32.0 Å². The zero-order valence-corrected chi connectivity index (χ0v) is 23.4. The maximum absolute atomic E-state index is 13.2. The SMILES string of the molecule is CCOc1nc2cccc(C(=O)OCc3oc(=O)oc3C)c2n1Cc1ccc(-c2ccccc2-c2noc(=O)n2N=O)cc1. The van der Waals surface area contributed by atoms with E-state index in [1.807, 2.05) is 43.3 Å². The van der Waals surface area contributed by atoms with Crippen LogP contribution in [0.25, 0.3) is 33.5 Å². The van der Waals surface area contributed by atoms with E-state index in [2.05, 4.69) is 19.9 Å². The molecule has 0 radical (unpaired) electrons. The Balaban J connectivity index is 1.33. The van der Waals surface area contributed by atoms with Crippen LogP contribution in [0.15, 0.2) is 95.0 Å². The summed E-state index contributed by atoms with van der Waals surface area (Å²) in [6.45, 7) is 3.74. The minimum absolute atomic E-state index is 0.0135. The number of hydrogen-bond acceptors (Lipinski definition) is 12. The van der Waals surface area contributed by atoms with Crippen LogP contribution >= 0.6 is 0 Å². The van der Waals surface area contributed by atoms with Gasteiger partial charge in [0.1, 0.15) is 0 Å². The third-order valence-corrected chi connectivity index (χ3v) is 6.83. The monoisotopic (exact) mass is 597 g/mol. The Labute approximate surface area is 247 Å². The molecular formula is C30H23N5O9. The van der Waals surface area contributed by atoms with Gasteiger partial charge in [-0.25, -0.2) is 14.4 Å². The highest BCUT2D eigenvalue weighted by Crippen LogP contribution is 2.32. The molecule has 0 N–H and O–H groups in total. The van der Waals surface area contributed by atoms with Gasteiger partial charge in [-0.15, -0.1) is 9.58 Å². The molecule has 0 aliphatic heterocycles. The third kappa shape index (κ3) is 5.19. The smallest absolute Gasteiger partial charge is 0.465 e. The van der Waals surface area contributed by atoms with Crippen LogP contribution in [0.2, 0.25) is 0 Å². The van der Waals surface area contributed by atoms with E-state index in [0.717, 1.165) is 11.1 Å². The molecule has 0 saturated carbocycles. The number of benzene rings is 3. The fraction of sp³-hybridized carbons (Fsp3) is 0.167. The molecule has 0 aliphatic rings. The molecular weight excluding hydrogens is 574 g/mol. The number of esters is 1. The first-order valence-electron chi connectivity index (χ1n) is 13.4. The first-order chi connectivity index (χ1) is 21.4. The van der Waals surface area contributed by atoms with Gasteiger partial charge in [-0.1, -0.05) is 59.8 Å². The molecule has 0 atom stereocenters. The van der Waals surface area contributed by atoms with E-state index in [0.29, 0.717) is 46.0 Å². The van der Waals surface area contributed by atoms with Gasteiger partial charge in [0.15, 0.2) is 18.1 Å². The molecule has 0 fully saturated rings.